The summed E-state index contributed by atoms with van der Waals surface area (Å²) >= 11 is 0. The Labute approximate surface area is 122 Å². The van der Waals surface area contributed by atoms with Crippen molar-refractivity contribution in [1.82, 2.24) is 4.72 Å². The average molecular weight is 298 g/mol. The predicted molar refractivity (Wildman–Crippen MR) is 83.1 cm³/mol. The summed E-state index contributed by atoms with van der Waals surface area (Å²) in [6.45, 7) is 5.28. The van der Waals surface area contributed by atoms with Gasteiger partial charge in [0.05, 0.1) is 4.90 Å². The van der Waals surface area contributed by atoms with Crippen LogP contribution >= 0.6 is 0 Å². The molecule has 1 aromatic carbocycles. The zero-order valence-electron chi connectivity index (χ0n) is 12.4. The molecule has 0 bridgehead atoms. The molecule has 1 aromatic rings. The van der Waals surface area contributed by atoms with Crippen LogP contribution in [0.2, 0.25) is 0 Å². The standard InChI is InChI=1S/C15H26N2O2S/c1-3-5-14-7-9-15(10-8-14)20(18,19)17-11-4-6-13(2)12-16/h7-10,13,17H,3-6,11-12,16H2,1-2H3. The molecule has 0 spiro atoms. The van der Waals surface area contributed by atoms with Crippen LogP contribution < -0.4 is 10.5 Å². The molecule has 0 fully saturated rings. The second kappa shape index (κ2) is 8.39. The Kier molecular flexibility index (Phi) is 7.19. The molecule has 0 saturated carbocycles. The largest absolute Gasteiger partial charge is 0.330 e. The number of hydrogen-bond acceptors (Lipinski definition) is 3. The van der Waals surface area contributed by atoms with E-state index in [0.717, 1.165) is 25.7 Å². The lowest BCUT2D eigenvalue weighted by Gasteiger charge is -2.10. The summed E-state index contributed by atoms with van der Waals surface area (Å²) in [7, 11) is -3.38. The first-order chi connectivity index (χ1) is 9.49. The van der Waals surface area contributed by atoms with E-state index in [9.17, 15) is 8.42 Å². The van der Waals surface area contributed by atoms with Crippen LogP contribution in [0.1, 0.15) is 38.7 Å². The van der Waals surface area contributed by atoms with E-state index in [1.165, 1.54) is 5.56 Å². The van der Waals surface area contributed by atoms with Gasteiger partial charge in [-0.2, -0.15) is 0 Å². The van der Waals surface area contributed by atoms with E-state index in [0.29, 0.717) is 23.9 Å². The van der Waals surface area contributed by atoms with Crippen LogP contribution in [0.3, 0.4) is 0 Å². The maximum atomic E-state index is 12.1. The zero-order valence-corrected chi connectivity index (χ0v) is 13.2. The lowest BCUT2D eigenvalue weighted by atomic mass is 10.1. The Morgan fingerprint density at radius 1 is 1.25 bits per heavy atom. The van der Waals surface area contributed by atoms with Crippen LogP contribution in [0, 0.1) is 5.92 Å². The van der Waals surface area contributed by atoms with E-state index >= 15 is 0 Å². The van der Waals surface area contributed by atoms with Gasteiger partial charge in [0.1, 0.15) is 0 Å². The van der Waals surface area contributed by atoms with Gasteiger partial charge in [-0.15, -0.1) is 0 Å². The van der Waals surface area contributed by atoms with Crippen molar-refractivity contribution in [3.05, 3.63) is 29.8 Å². The summed E-state index contributed by atoms with van der Waals surface area (Å²) in [5, 5.41) is 0. The molecule has 3 N–H and O–H groups in total. The van der Waals surface area contributed by atoms with Crippen LogP contribution in [0.5, 0.6) is 0 Å². The Balaban J connectivity index is 2.51. The maximum absolute atomic E-state index is 12.1. The Bertz CT molecular complexity index is 483. The molecule has 0 aliphatic rings. The third-order valence-electron chi connectivity index (χ3n) is 3.34. The van der Waals surface area contributed by atoms with Gasteiger partial charge in [0.25, 0.3) is 0 Å². The fourth-order valence-electron chi connectivity index (χ4n) is 1.98. The predicted octanol–water partition coefficient (Wildman–Crippen LogP) is 2.29. The van der Waals surface area contributed by atoms with Crippen LogP contribution in [0.25, 0.3) is 0 Å². The van der Waals surface area contributed by atoms with Gasteiger partial charge < -0.3 is 5.73 Å². The van der Waals surface area contributed by atoms with Gasteiger partial charge in [-0.1, -0.05) is 32.4 Å². The van der Waals surface area contributed by atoms with Gasteiger partial charge in [0, 0.05) is 6.54 Å². The minimum absolute atomic E-state index is 0.337. The highest BCUT2D eigenvalue weighted by atomic mass is 32.2. The molecule has 20 heavy (non-hydrogen) atoms. The van der Waals surface area contributed by atoms with Crippen molar-refractivity contribution in [3.63, 3.8) is 0 Å². The van der Waals surface area contributed by atoms with Crippen LogP contribution in [0.4, 0.5) is 0 Å². The summed E-state index contributed by atoms with van der Waals surface area (Å²) in [5.74, 6) is 0.438. The quantitative estimate of drug-likeness (QED) is 0.687. The second-order valence-electron chi connectivity index (χ2n) is 5.27. The van der Waals surface area contributed by atoms with Crippen molar-refractivity contribution < 1.29 is 8.42 Å². The third-order valence-corrected chi connectivity index (χ3v) is 4.82. The highest BCUT2D eigenvalue weighted by molar-refractivity contribution is 7.89. The number of aryl methyl sites for hydroxylation is 1. The van der Waals surface area contributed by atoms with Gasteiger partial charge in [-0.25, -0.2) is 13.1 Å². The van der Waals surface area contributed by atoms with Crippen LogP contribution in [-0.2, 0) is 16.4 Å². The molecule has 0 aromatic heterocycles. The lowest BCUT2D eigenvalue weighted by molar-refractivity contribution is 0.513. The molecule has 4 nitrogen and oxygen atoms in total. The number of rotatable bonds is 9. The van der Waals surface area contributed by atoms with Crippen LogP contribution in [0.15, 0.2) is 29.2 Å². The Hall–Kier alpha value is -0.910. The van der Waals surface area contributed by atoms with E-state index in [4.69, 9.17) is 5.73 Å². The fraction of sp³-hybridized carbons (Fsp3) is 0.600. The molecule has 0 aliphatic carbocycles. The number of nitrogens with one attached hydrogen (secondary N) is 1. The Morgan fingerprint density at radius 3 is 2.45 bits per heavy atom. The van der Waals surface area contributed by atoms with E-state index in [2.05, 4.69) is 18.6 Å². The highest BCUT2D eigenvalue weighted by Crippen LogP contribution is 2.12. The van der Waals surface area contributed by atoms with Crippen molar-refractivity contribution in [2.24, 2.45) is 11.7 Å². The van der Waals surface area contributed by atoms with Crippen molar-refractivity contribution in [2.75, 3.05) is 13.1 Å². The molecule has 1 unspecified atom stereocenters. The van der Waals surface area contributed by atoms with E-state index in [-0.39, 0.29) is 0 Å². The first-order valence-electron chi connectivity index (χ1n) is 7.28. The topological polar surface area (TPSA) is 72.2 Å². The smallest absolute Gasteiger partial charge is 0.240 e. The molecule has 0 amide bonds. The molecule has 5 heteroatoms. The second-order valence-corrected chi connectivity index (χ2v) is 7.04. The minimum Gasteiger partial charge on any atom is -0.330 e. The van der Waals surface area contributed by atoms with Crippen molar-refractivity contribution in [1.29, 1.82) is 0 Å². The molecule has 1 rings (SSSR count). The highest BCUT2D eigenvalue weighted by Gasteiger charge is 2.13. The van der Waals surface area contributed by atoms with Crippen LogP contribution in [-0.4, -0.2) is 21.5 Å². The van der Waals surface area contributed by atoms with E-state index in [1.54, 1.807) is 12.1 Å². The van der Waals surface area contributed by atoms with Crippen molar-refractivity contribution >= 4 is 10.0 Å². The molecule has 0 heterocycles. The van der Waals surface area contributed by atoms with Crippen molar-refractivity contribution in [2.45, 2.75) is 44.4 Å². The number of nitrogens with two attached hydrogens (primary N) is 1. The molecule has 0 radical (unpaired) electrons. The first kappa shape index (κ1) is 17.1. The average Bonchev–Trinajstić information content (AvgIpc) is 2.44. The van der Waals surface area contributed by atoms with Gasteiger partial charge >= 0.3 is 0 Å². The van der Waals surface area contributed by atoms with Gasteiger partial charge in [-0.05, 0) is 49.4 Å². The minimum atomic E-state index is -3.38. The monoisotopic (exact) mass is 298 g/mol. The molecular weight excluding hydrogens is 272 g/mol. The summed E-state index contributed by atoms with van der Waals surface area (Å²) < 4.78 is 26.8. The summed E-state index contributed by atoms with van der Waals surface area (Å²) in [5.41, 5.74) is 6.70. The van der Waals surface area contributed by atoms with E-state index in [1.807, 2.05) is 12.1 Å². The van der Waals surface area contributed by atoms with Crippen molar-refractivity contribution in [3.8, 4) is 0 Å². The number of hydrogen-bond donors (Lipinski definition) is 2. The zero-order chi connectivity index (χ0) is 15.0. The summed E-state index contributed by atoms with van der Waals surface area (Å²) in [6, 6.07) is 7.12. The molecule has 114 valence electrons. The normalized spacial score (nSPS) is 13.3. The summed E-state index contributed by atoms with van der Waals surface area (Å²) in [6.07, 6.45) is 3.79. The van der Waals surface area contributed by atoms with Gasteiger partial charge in [-0.3, -0.25) is 0 Å². The molecule has 1 atom stereocenters. The number of sulfonamides is 1. The molecule has 0 saturated heterocycles. The maximum Gasteiger partial charge on any atom is 0.240 e. The van der Waals surface area contributed by atoms with Gasteiger partial charge in [0.2, 0.25) is 10.0 Å². The SMILES string of the molecule is CCCc1ccc(S(=O)(=O)NCCCC(C)CN)cc1. The van der Waals surface area contributed by atoms with E-state index < -0.39 is 10.0 Å². The molecule has 0 aliphatic heterocycles. The third kappa shape index (κ3) is 5.61. The molecular formula is C15H26N2O2S. The van der Waals surface area contributed by atoms with Gasteiger partial charge in [0.15, 0.2) is 0 Å². The summed E-state index contributed by atoms with van der Waals surface area (Å²) in [4.78, 5) is 0.337. The Morgan fingerprint density at radius 2 is 1.90 bits per heavy atom. The number of benzene rings is 1. The lowest BCUT2D eigenvalue weighted by Crippen LogP contribution is -2.25. The first-order valence-corrected chi connectivity index (χ1v) is 8.76. The fourth-order valence-corrected chi connectivity index (χ4v) is 3.06.